The van der Waals surface area contributed by atoms with Crippen molar-refractivity contribution in [2.45, 2.75) is 0 Å². The molecule has 1 aromatic carbocycles. The smallest absolute Gasteiger partial charge is 0.285 e. The molecule has 2 aromatic rings. The van der Waals surface area contributed by atoms with Gasteiger partial charge in [0.1, 0.15) is 16.5 Å². The van der Waals surface area contributed by atoms with Crippen LogP contribution in [-0.2, 0) is 0 Å². The molecular weight excluding hydrogens is 268 g/mol. The molecule has 6 nitrogen and oxygen atoms in total. The second-order valence-electron chi connectivity index (χ2n) is 3.57. The van der Waals surface area contributed by atoms with Crippen molar-refractivity contribution < 1.29 is 4.74 Å². The van der Waals surface area contributed by atoms with Gasteiger partial charge in [0, 0.05) is 0 Å². The summed E-state index contributed by atoms with van der Waals surface area (Å²) >= 11 is 5.78. The van der Waals surface area contributed by atoms with E-state index < -0.39 is 5.56 Å². The van der Waals surface area contributed by atoms with E-state index in [0.717, 1.165) is 11.3 Å². The highest BCUT2D eigenvalue weighted by Gasteiger charge is 2.02. The third-order valence-corrected chi connectivity index (χ3v) is 2.66. The minimum absolute atomic E-state index is 0.0118. The average molecular weight is 279 g/mol. The number of hydrazone groups is 1. The maximum absolute atomic E-state index is 11.2. The number of H-pyrrole nitrogens is 1. The molecule has 0 fully saturated rings. The molecule has 0 saturated heterocycles. The highest BCUT2D eigenvalue weighted by molar-refractivity contribution is 6.32. The fraction of sp³-hybridized carbons (Fsp3) is 0.0833. The van der Waals surface area contributed by atoms with E-state index in [4.69, 9.17) is 16.3 Å². The fourth-order valence-corrected chi connectivity index (χ4v) is 1.49. The molecule has 0 spiro atoms. The topological polar surface area (TPSA) is 79.4 Å². The summed E-state index contributed by atoms with van der Waals surface area (Å²) in [7, 11) is 1.59. The average Bonchev–Trinajstić information content (AvgIpc) is 2.44. The molecule has 0 amide bonds. The summed E-state index contributed by atoms with van der Waals surface area (Å²) in [5.41, 5.74) is 3.37. The number of rotatable bonds is 4. The van der Waals surface area contributed by atoms with Gasteiger partial charge < -0.3 is 4.74 Å². The standard InChI is InChI=1S/C12H11ClN4O2/c1-19-9-4-2-3-8(5-9)6-14-16-10-7-15-17-12(18)11(10)13/h2-7H,1H3,(H2,16,17,18)/b14-6+. The molecule has 2 N–H and O–H groups in total. The lowest BCUT2D eigenvalue weighted by Gasteiger charge is -2.01. The maximum Gasteiger partial charge on any atom is 0.285 e. The number of benzene rings is 1. The van der Waals surface area contributed by atoms with Gasteiger partial charge >= 0.3 is 0 Å². The van der Waals surface area contributed by atoms with Crippen LogP contribution in [-0.4, -0.2) is 23.5 Å². The van der Waals surface area contributed by atoms with Crippen LogP contribution in [0.5, 0.6) is 5.75 Å². The molecule has 2 rings (SSSR count). The summed E-state index contributed by atoms with van der Waals surface area (Å²) in [5.74, 6) is 0.736. The minimum Gasteiger partial charge on any atom is -0.497 e. The number of anilines is 1. The van der Waals surface area contributed by atoms with Gasteiger partial charge in [-0.25, -0.2) is 5.10 Å². The normalized spacial score (nSPS) is 10.6. The van der Waals surface area contributed by atoms with Crippen molar-refractivity contribution in [1.29, 1.82) is 0 Å². The Bertz CT molecular complexity index is 654. The summed E-state index contributed by atoms with van der Waals surface area (Å²) in [6, 6.07) is 7.37. The van der Waals surface area contributed by atoms with E-state index in [9.17, 15) is 4.79 Å². The Morgan fingerprint density at radius 3 is 3.16 bits per heavy atom. The van der Waals surface area contributed by atoms with Crippen molar-refractivity contribution in [3.8, 4) is 5.75 Å². The second-order valence-corrected chi connectivity index (χ2v) is 3.95. The number of ether oxygens (including phenoxy) is 1. The number of methoxy groups -OCH3 is 1. The number of aromatic nitrogens is 2. The number of aromatic amines is 1. The van der Waals surface area contributed by atoms with Crippen LogP contribution < -0.4 is 15.7 Å². The first-order valence-electron chi connectivity index (χ1n) is 5.37. The van der Waals surface area contributed by atoms with Gasteiger partial charge in [-0.05, 0) is 17.7 Å². The Morgan fingerprint density at radius 1 is 1.53 bits per heavy atom. The Hall–Kier alpha value is -2.34. The van der Waals surface area contributed by atoms with Crippen molar-refractivity contribution in [3.05, 3.63) is 51.4 Å². The van der Waals surface area contributed by atoms with Crippen LogP contribution in [0.25, 0.3) is 0 Å². The molecule has 0 radical (unpaired) electrons. The first-order valence-corrected chi connectivity index (χ1v) is 5.75. The van der Waals surface area contributed by atoms with E-state index >= 15 is 0 Å². The first kappa shape index (κ1) is 13.1. The van der Waals surface area contributed by atoms with Crippen LogP contribution >= 0.6 is 11.6 Å². The largest absolute Gasteiger partial charge is 0.497 e. The van der Waals surface area contributed by atoms with Gasteiger partial charge in [0.25, 0.3) is 5.56 Å². The van der Waals surface area contributed by atoms with Gasteiger partial charge in [0.2, 0.25) is 0 Å². The van der Waals surface area contributed by atoms with Gasteiger partial charge in [-0.1, -0.05) is 23.7 Å². The predicted molar refractivity (Wildman–Crippen MR) is 74.1 cm³/mol. The molecule has 0 aliphatic rings. The molecule has 1 aromatic heterocycles. The summed E-state index contributed by atoms with van der Waals surface area (Å²) in [6.45, 7) is 0. The van der Waals surface area contributed by atoms with Gasteiger partial charge in [-0.15, -0.1) is 0 Å². The molecule has 98 valence electrons. The van der Waals surface area contributed by atoms with Crippen molar-refractivity contribution in [2.24, 2.45) is 5.10 Å². The number of halogens is 1. The number of hydrogen-bond acceptors (Lipinski definition) is 5. The molecular formula is C12H11ClN4O2. The molecule has 0 saturated carbocycles. The predicted octanol–water partition coefficient (Wildman–Crippen LogP) is 1.88. The maximum atomic E-state index is 11.2. The van der Waals surface area contributed by atoms with Crippen LogP contribution in [0.3, 0.4) is 0 Å². The van der Waals surface area contributed by atoms with Crippen molar-refractivity contribution in [2.75, 3.05) is 12.5 Å². The Labute approximate surface area is 114 Å². The Morgan fingerprint density at radius 2 is 2.37 bits per heavy atom. The summed E-state index contributed by atoms with van der Waals surface area (Å²) in [6.07, 6.45) is 2.96. The molecule has 7 heteroatoms. The van der Waals surface area contributed by atoms with Crippen LogP contribution in [0.4, 0.5) is 5.69 Å². The SMILES string of the molecule is COc1cccc(/C=N/Nc2cn[nH]c(=O)c2Cl)c1. The molecule has 0 atom stereocenters. The molecule has 0 aliphatic heterocycles. The summed E-state index contributed by atoms with van der Waals surface area (Å²) in [5, 5.41) is 9.83. The molecule has 1 heterocycles. The molecule has 0 aliphatic carbocycles. The minimum atomic E-state index is -0.469. The van der Waals surface area contributed by atoms with Crippen LogP contribution in [0.2, 0.25) is 5.02 Å². The van der Waals surface area contributed by atoms with Crippen LogP contribution in [0, 0.1) is 0 Å². The van der Waals surface area contributed by atoms with Crippen LogP contribution in [0.15, 0.2) is 40.4 Å². The highest BCUT2D eigenvalue weighted by atomic mass is 35.5. The number of hydrogen-bond donors (Lipinski definition) is 2. The zero-order chi connectivity index (χ0) is 13.7. The third kappa shape index (κ3) is 3.32. The number of nitrogens with zero attached hydrogens (tertiary/aromatic N) is 2. The van der Waals surface area contributed by atoms with Gasteiger partial charge in [0.15, 0.2) is 0 Å². The van der Waals surface area contributed by atoms with E-state index in [2.05, 4.69) is 20.7 Å². The first-order chi connectivity index (χ1) is 9.20. The van der Waals surface area contributed by atoms with Crippen molar-refractivity contribution in [3.63, 3.8) is 0 Å². The van der Waals surface area contributed by atoms with Gasteiger partial charge in [0.05, 0.1) is 19.5 Å². The van der Waals surface area contributed by atoms with E-state index in [-0.39, 0.29) is 5.02 Å². The monoisotopic (exact) mass is 278 g/mol. The lowest BCUT2D eigenvalue weighted by molar-refractivity contribution is 0.415. The molecule has 0 unspecified atom stereocenters. The van der Waals surface area contributed by atoms with Crippen molar-refractivity contribution in [1.82, 2.24) is 10.2 Å². The molecule has 0 bridgehead atoms. The third-order valence-electron chi connectivity index (χ3n) is 2.29. The van der Waals surface area contributed by atoms with Gasteiger partial charge in [-0.2, -0.15) is 10.2 Å². The second kappa shape index (κ2) is 6.01. The highest BCUT2D eigenvalue weighted by Crippen LogP contribution is 2.14. The quantitative estimate of drug-likeness (QED) is 0.661. The lowest BCUT2D eigenvalue weighted by Crippen LogP contribution is -2.10. The van der Waals surface area contributed by atoms with E-state index in [0.29, 0.717) is 5.69 Å². The van der Waals surface area contributed by atoms with Gasteiger partial charge in [-0.3, -0.25) is 10.2 Å². The zero-order valence-corrected chi connectivity index (χ0v) is 10.8. The Kier molecular flexibility index (Phi) is 4.15. The van der Waals surface area contributed by atoms with Crippen molar-refractivity contribution >= 4 is 23.5 Å². The Balaban J connectivity index is 2.11. The fourth-order valence-electron chi connectivity index (χ4n) is 1.36. The summed E-state index contributed by atoms with van der Waals surface area (Å²) in [4.78, 5) is 11.2. The van der Waals surface area contributed by atoms with E-state index in [1.807, 2.05) is 24.3 Å². The van der Waals surface area contributed by atoms with E-state index in [1.54, 1.807) is 13.3 Å². The zero-order valence-electron chi connectivity index (χ0n) is 10.1. The van der Waals surface area contributed by atoms with Crippen LogP contribution in [0.1, 0.15) is 5.56 Å². The lowest BCUT2D eigenvalue weighted by atomic mass is 10.2. The molecule has 19 heavy (non-hydrogen) atoms. The van der Waals surface area contributed by atoms with E-state index in [1.165, 1.54) is 6.20 Å². The number of nitrogens with one attached hydrogen (secondary N) is 2. The summed E-state index contributed by atoms with van der Waals surface area (Å²) < 4.78 is 5.10.